The van der Waals surface area contributed by atoms with E-state index in [0.29, 0.717) is 53.3 Å². The molecule has 10 heteroatoms. The molecular formula is C28H26Cl2N2O6. The lowest BCUT2D eigenvalue weighted by Crippen LogP contribution is -2.42. The van der Waals surface area contributed by atoms with E-state index in [2.05, 4.69) is 5.32 Å². The zero-order valence-corrected chi connectivity index (χ0v) is 22.3. The smallest absolute Gasteiger partial charge is 0.326 e. The van der Waals surface area contributed by atoms with E-state index in [1.165, 1.54) is 12.1 Å². The maximum absolute atomic E-state index is 12.9. The summed E-state index contributed by atoms with van der Waals surface area (Å²) in [4.78, 5) is 39.4. The molecule has 1 atom stereocenters. The van der Waals surface area contributed by atoms with Gasteiger partial charge in [-0.1, -0.05) is 47.5 Å². The quantitative estimate of drug-likeness (QED) is 0.374. The molecule has 8 nitrogen and oxygen atoms in total. The summed E-state index contributed by atoms with van der Waals surface area (Å²) in [6.45, 7) is 0.525. The van der Waals surface area contributed by atoms with Crippen LogP contribution in [0.2, 0.25) is 10.0 Å². The fourth-order valence-electron chi connectivity index (χ4n) is 4.54. The number of carboxylic acid groups (broad SMARTS) is 1. The average Bonchev–Trinajstić information content (AvgIpc) is 3.33. The van der Waals surface area contributed by atoms with Gasteiger partial charge in [0.15, 0.2) is 0 Å². The highest BCUT2D eigenvalue weighted by Gasteiger charge is 2.29. The number of ether oxygens (including phenoxy) is 2. The molecule has 0 aromatic heterocycles. The van der Waals surface area contributed by atoms with E-state index in [-0.39, 0.29) is 27.9 Å². The number of benzene rings is 3. The van der Waals surface area contributed by atoms with Crippen LogP contribution in [-0.4, -0.2) is 49.7 Å². The van der Waals surface area contributed by atoms with Gasteiger partial charge >= 0.3 is 5.97 Å². The Kier molecular flexibility index (Phi) is 8.44. The molecule has 1 saturated heterocycles. The molecule has 4 rings (SSSR count). The van der Waals surface area contributed by atoms with Gasteiger partial charge in [-0.2, -0.15) is 0 Å². The second kappa shape index (κ2) is 11.8. The minimum absolute atomic E-state index is 0.00375. The number of aliphatic carboxylic acids is 1. The molecule has 38 heavy (non-hydrogen) atoms. The maximum atomic E-state index is 12.9. The molecule has 198 valence electrons. The van der Waals surface area contributed by atoms with Crippen molar-refractivity contribution in [2.24, 2.45) is 0 Å². The van der Waals surface area contributed by atoms with Crippen molar-refractivity contribution in [3.05, 3.63) is 75.8 Å². The lowest BCUT2D eigenvalue weighted by Gasteiger charge is -2.24. The first-order chi connectivity index (χ1) is 18.2. The minimum atomic E-state index is -1.27. The first-order valence-corrected chi connectivity index (χ1v) is 12.6. The van der Waals surface area contributed by atoms with E-state index >= 15 is 0 Å². The Morgan fingerprint density at radius 1 is 1.03 bits per heavy atom. The second-order valence-electron chi connectivity index (χ2n) is 8.70. The molecule has 3 aromatic rings. The Balaban J connectivity index is 1.73. The standard InChI is InChI=1S/C28H26Cl2N2O6/c1-37-22-8-4-9-23(38-2)25(22)17-12-11-16(15-21(17)32-13-5-10-24(32)33)14-20(28(35)36)31-27(34)26-18(29)6-3-7-19(26)30/h3-4,6-9,11-12,15,20H,5,10,13-14H2,1-2H3,(H,31,34)(H,35,36)/t20-/m0/s1. The SMILES string of the molecule is COc1cccc(OC)c1-c1ccc(C[C@H](NC(=O)c2c(Cl)cccc2Cl)C(=O)O)cc1N1CCCC1=O. The number of hydrogen-bond acceptors (Lipinski definition) is 5. The lowest BCUT2D eigenvalue weighted by molar-refractivity contribution is -0.139. The van der Waals surface area contributed by atoms with Gasteiger partial charge in [0.1, 0.15) is 17.5 Å². The van der Waals surface area contributed by atoms with Crippen molar-refractivity contribution in [3.8, 4) is 22.6 Å². The van der Waals surface area contributed by atoms with Crippen LogP contribution < -0.4 is 19.7 Å². The summed E-state index contributed by atoms with van der Waals surface area (Å²) in [6, 6.07) is 14.1. The van der Waals surface area contributed by atoms with Gasteiger partial charge in [0, 0.05) is 24.9 Å². The molecule has 1 heterocycles. The first-order valence-electron chi connectivity index (χ1n) is 11.9. The molecule has 0 spiro atoms. The Labute approximate surface area is 230 Å². The molecule has 1 fully saturated rings. The van der Waals surface area contributed by atoms with Crippen molar-refractivity contribution in [1.29, 1.82) is 0 Å². The molecule has 0 saturated carbocycles. The van der Waals surface area contributed by atoms with Gasteiger partial charge in [-0.05, 0) is 42.3 Å². The molecule has 0 bridgehead atoms. The van der Waals surface area contributed by atoms with Gasteiger partial charge in [0.05, 0.1) is 41.1 Å². The van der Waals surface area contributed by atoms with Crippen molar-refractivity contribution in [1.82, 2.24) is 5.32 Å². The number of carbonyl (C=O) groups excluding carboxylic acids is 2. The molecule has 2 N–H and O–H groups in total. The zero-order valence-electron chi connectivity index (χ0n) is 20.8. The van der Waals surface area contributed by atoms with E-state index in [1.807, 2.05) is 12.1 Å². The fraction of sp³-hybridized carbons (Fsp3) is 0.250. The molecule has 2 amide bonds. The van der Waals surface area contributed by atoms with Crippen LogP contribution in [0, 0.1) is 0 Å². The summed E-state index contributed by atoms with van der Waals surface area (Å²) >= 11 is 12.3. The highest BCUT2D eigenvalue weighted by molar-refractivity contribution is 6.39. The van der Waals surface area contributed by atoms with E-state index < -0.39 is 17.9 Å². The third-order valence-corrected chi connectivity index (χ3v) is 6.99. The van der Waals surface area contributed by atoms with Gasteiger partial charge in [-0.25, -0.2) is 4.79 Å². The van der Waals surface area contributed by atoms with Crippen LogP contribution >= 0.6 is 23.2 Å². The van der Waals surface area contributed by atoms with Crippen LogP contribution in [0.5, 0.6) is 11.5 Å². The number of hydrogen-bond donors (Lipinski definition) is 2. The number of halogens is 2. The van der Waals surface area contributed by atoms with Crippen LogP contribution in [-0.2, 0) is 16.0 Å². The summed E-state index contributed by atoms with van der Waals surface area (Å²) in [5.74, 6) is -0.822. The van der Waals surface area contributed by atoms with E-state index in [4.69, 9.17) is 32.7 Å². The zero-order chi connectivity index (χ0) is 27.4. The molecular weight excluding hydrogens is 531 g/mol. The fourth-order valence-corrected chi connectivity index (χ4v) is 5.11. The maximum Gasteiger partial charge on any atom is 0.326 e. The van der Waals surface area contributed by atoms with Crippen molar-refractivity contribution in [3.63, 3.8) is 0 Å². The summed E-state index contributed by atoms with van der Waals surface area (Å²) in [6.07, 6.45) is 1.08. The number of amides is 2. The average molecular weight is 557 g/mol. The molecule has 0 unspecified atom stereocenters. The number of carboxylic acids is 1. The monoisotopic (exact) mass is 556 g/mol. The third-order valence-electron chi connectivity index (χ3n) is 6.36. The highest BCUT2D eigenvalue weighted by Crippen LogP contribution is 2.44. The van der Waals surface area contributed by atoms with Crippen LogP contribution in [0.15, 0.2) is 54.6 Å². The summed E-state index contributed by atoms with van der Waals surface area (Å²) in [5, 5.41) is 12.6. The molecule has 0 radical (unpaired) electrons. The van der Waals surface area contributed by atoms with Gasteiger partial charge < -0.3 is 24.8 Å². The highest BCUT2D eigenvalue weighted by atomic mass is 35.5. The van der Waals surface area contributed by atoms with Crippen LogP contribution in [0.25, 0.3) is 11.1 Å². The van der Waals surface area contributed by atoms with Gasteiger partial charge in [-0.3, -0.25) is 9.59 Å². The van der Waals surface area contributed by atoms with Crippen LogP contribution in [0.4, 0.5) is 5.69 Å². The predicted molar refractivity (Wildman–Crippen MR) is 146 cm³/mol. The minimum Gasteiger partial charge on any atom is -0.496 e. The number of rotatable bonds is 9. The van der Waals surface area contributed by atoms with Crippen molar-refractivity contribution in [2.75, 3.05) is 25.7 Å². The predicted octanol–water partition coefficient (Wildman–Crippen LogP) is 5.23. The van der Waals surface area contributed by atoms with Gasteiger partial charge in [-0.15, -0.1) is 0 Å². The Hall–Kier alpha value is -3.75. The third kappa shape index (κ3) is 5.56. The first kappa shape index (κ1) is 27.3. The topological polar surface area (TPSA) is 105 Å². The summed E-state index contributed by atoms with van der Waals surface area (Å²) in [5.41, 5.74) is 2.60. The van der Waals surface area contributed by atoms with Crippen molar-refractivity contribution >= 4 is 46.7 Å². The summed E-state index contributed by atoms with van der Waals surface area (Å²) < 4.78 is 11.2. The van der Waals surface area contributed by atoms with Gasteiger partial charge in [0.2, 0.25) is 5.91 Å². The molecule has 3 aromatic carbocycles. The normalized spacial score (nSPS) is 13.8. The van der Waals surface area contributed by atoms with Crippen molar-refractivity contribution in [2.45, 2.75) is 25.3 Å². The number of nitrogens with one attached hydrogen (secondary N) is 1. The van der Waals surface area contributed by atoms with E-state index in [0.717, 1.165) is 0 Å². The summed E-state index contributed by atoms with van der Waals surface area (Å²) in [7, 11) is 3.11. The number of carbonyl (C=O) groups is 3. The molecule has 1 aliphatic heterocycles. The largest absolute Gasteiger partial charge is 0.496 e. The Morgan fingerprint density at radius 2 is 1.66 bits per heavy atom. The Morgan fingerprint density at radius 3 is 2.21 bits per heavy atom. The van der Waals surface area contributed by atoms with Gasteiger partial charge in [0.25, 0.3) is 5.91 Å². The van der Waals surface area contributed by atoms with Crippen molar-refractivity contribution < 1.29 is 29.0 Å². The molecule has 0 aliphatic carbocycles. The van der Waals surface area contributed by atoms with Crippen LogP contribution in [0.1, 0.15) is 28.8 Å². The Bertz CT molecular complexity index is 1350. The number of methoxy groups -OCH3 is 2. The lowest BCUT2D eigenvalue weighted by atomic mass is 9.96. The number of nitrogens with zero attached hydrogens (tertiary/aromatic N) is 1. The molecule has 1 aliphatic rings. The van der Waals surface area contributed by atoms with E-state index in [1.54, 1.807) is 49.5 Å². The van der Waals surface area contributed by atoms with E-state index in [9.17, 15) is 19.5 Å². The number of anilines is 1. The van der Waals surface area contributed by atoms with Crippen LogP contribution in [0.3, 0.4) is 0 Å². The second-order valence-corrected chi connectivity index (χ2v) is 9.52.